The summed E-state index contributed by atoms with van der Waals surface area (Å²) in [4.78, 5) is 39.0. The molecule has 0 spiro atoms. The molecule has 7 nitrogen and oxygen atoms in total. The number of alkyl carbamates (subject to hydrolysis) is 1. The number of hydrogen-bond donors (Lipinski definition) is 2. The lowest BCUT2D eigenvalue weighted by Crippen LogP contribution is -2.58. The Bertz CT molecular complexity index is 1270. The van der Waals surface area contributed by atoms with Crippen molar-refractivity contribution < 1.29 is 24.2 Å². The smallest absolute Gasteiger partial charge is 0.408 e. The first-order valence-corrected chi connectivity index (χ1v) is 11.6. The normalized spacial score (nSPS) is 18.8. The molecule has 1 unspecified atom stereocenters. The molecule has 7 heteroatoms. The zero-order valence-electron chi connectivity index (χ0n) is 19.4. The fraction of sp³-hybridized carbons (Fsp3) is 0.250. The number of carboxylic acids is 1. The van der Waals surface area contributed by atoms with E-state index < -0.39 is 30.1 Å². The zero-order chi connectivity index (χ0) is 24.6. The largest absolute Gasteiger partial charge is 0.480 e. The van der Waals surface area contributed by atoms with Crippen molar-refractivity contribution in [1.82, 2.24) is 10.2 Å². The van der Waals surface area contributed by atoms with Crippen LogP contribution in [0.15, 0.2) is 72.8 Å². The van der Waals surface area contributed by atoms with Gasteiger partial charge in [0.2, 0.25) is 5.91 Å². The van der Waals surface area contributed by atoms with Gasteiger partial charge in [-0.15, -0.1) is 0 Å². The molecule has 3 aromatic carbocycles. The average molecular weight is 471 g/mol. The molecule has 1 aliphatic carbocycles. The van der Waals surface area contributed by atoms with Crippen LogP contribution in [-0.2, 0) is 27.3 Å². The molecular weight excluding hydrogens is 444 g/mol. The number of carboxylic acid groups (broad SMARTS) is 1. The van der Waals surface area contributed by atoms with E-state index in [1.165, 1.54) is 4.90 Å². The van der Waals surface area contributed by atoms with Crippen LogP contribution in [0.1, 0.15) is 35.1 Å². The summed E-state index contributed by atoms with van der Waals surface area (Å²) in [5, 5.41) is 12.1. The standard InChI is InChI=1S/C28H26N2O5/c1-28(14-18-8-2-3-9-19(18)15-30(26(28)33)16-25(31)32)29-27(34)35-17-24-22-12-6-4-10-20(22)21-11-5-7-13-23(21)24/h2-13,24H,14-17H2,1H3,(H,29,34)(H,31,32). The van der Waals surface area contributed by atoms with E-state index in [-0.39, 0.29) is 25.5 Å². The highest BCUT2D eigenvalue weighted by molar-refractivity contribution is 5.92. The summed E-state index contributed by atoms with van der Waals surface area (Å²) in [5.41, 5.74) is 4.85. The van der Waals surface area contributed by atoms with Crippen LogP contribution >= 0.6 is 0 Å². The minimum Gasteiger partial charge on any atom is -0.480 e. The molecule has 0 radical (unpaired) electrons. The van der Waals surface area contributed by atoms with E-state index >= 15 is 0 Å². The number of carbonyl (C=O) groups excluding carboxylic acids is 2. The number of benzene rings is 3. The molecule has 3 aromatic rings. The highest BCUT2D eigenvalue weighted by Gasteiger charge is 2.42. The van der Waals surface area contributed by atoms with Gasteiger partial charge in [-0.1, -0.05) is 72.8 Å². The highest BCUT2D eigenvalue weighted by atomic mass is 16.5. The lowest BCUT2D eigenvalue weighted by molar-refractivity contribution is -0.147. The molecule has 2 aliphatic rings. The first-order valence-electron chi connectivity index (χ1n) is 11.6. The number of hydrogen-bond acceptors (Lipinski definition) is 4. The van der Waals surface area contributed by atoms with Crippen molar-refractivity contribution >= 4 is 18.0 Å². The second-order valence-corrected chi connectivity index (χ2v) is 9.28. The minimum atomic E-state index is -1.34. The molecule has 2 N–H and O–H groups in total. The third-order valence-corrected chi connectivity index (χ3v) is 6.83. The number of ether oxygens (including phenoxy) is 1. The predicted octanol–water partition coefficient (Wildman–Crippen LogP) is 3.95. The van der Waals surface area contributed by atoms with E-state index in [0.29, 0.717) is 0 Å². The Hall–Kier alpha value is -4.13. The Kier molecular flexibility index (Phi) is 5.76. The predicted molar refractivity (Wildman–Crippen MR) is 130 cm³/mol. The van der Waals surface area contributed by atoms with Gasteiger partial charge < -0.3 is 20.1 Å². The molecule has 0 bridgehead atoms. The molecule has 1 atom stereocenters. The number of amides is 2. The maximum absolute atomic E-state index is 13.4. The van der Waals surface area contributed by atoms with Crippen LogP contribution in [0.2, 0.25) is 0 Å². The van der Waals surface area contributed by atoms with Gasteiger partial charge in [-0.2, -0.15) is 0 Å². The second-order valence-electron chi connectivity index (χ2n) is 9.28. The van der Waals surface area contributed by atoms with E-state index in [9.17, 15) is 19.5 Å². The van der Waals surface area contributed by atoms with Crippen LogP contribution in [0, 0.1) is 0 Å². The second kappa shape index (κ2) is 8.91. The van der Waals surface area contributed by atoms with E-state index in [1.807, 2.05) is 60.7 Å². The Morgan fingerprint density at radius 3 is 2.17 bits per heavy atom. The van der Waals surface area contributed by atoms with Gasteiger partial charge in [-0.05, 0) is 40.3 Å². The van der Waals surface area contributed by atoms with Crippen molar-refractivity contribution in [2.24, 2.45) is 0 Å². The van der Waals surface area contributed by atoms with Crippen molar-refractivity contribution in [2.75, 3.05) is 13.2 Å². The monoisotopic (exact) mass is 470 g/mol. The van der Waals surface area contributed by atoms with Crippen LogP contribution in [0.5, 0.6) is 0 Å². The number of fused-ring (bicyclic) bond motifs is 4. The van der Waals surface area contributed by atoms with Crippen molar-refractivity contribution in [3.05, 3.63) is 95.1 Å². The summed E-state index contributed by atoms with van der Waals surface area (Å²) in [6.45, 7) is 1.46. The number of rotatable bonds is 5. The fourth-order valence-electron chi connectivity index (χ4n) is 5.22. The molecule has 0 aromatic heterocycles. The summed E-state index contributed by atoms with van der Waals surface area (Å²) in [7, 11) is 0. The topological polar surface area (TPSA) is 95.9 Å². The number of aliphatic carboxylic acids is 1. The van der Waals surface area contributed by atoms with Crippen molar-refractivity contribution in [1.29, 1.82) is 0 Å². The molecule has 178 valence electrons. The SMILES string of the molecule is CC1(NC(=O)OCC2c3ccccc3-c3ccccc32)Cc2ccccc2CN(CC(=O)O)C1=O. The van der Waals surface area contributed by atoms with Gasteiger partial charge in [0.1, 0.15) is 18.7 Å². The third-order valence-electron chi connectivity index (χ3n) is 6.83. The molecule has 2 amide bonds. The van der Waals surface area contributed by atoms with Gasteiger partial charge in [0, 0.05) is 18.9 Å². The van der Waals surface area contributed by atoms with Gasteiger partial charge >= 0.3 is 12.1 Å². The van der Waals surface area contributed by atoms with Crippen molar-refractivity contribution in [3.63, 3.8) is 0 Å². The van der Waals surface area contributed by atoms with Crippen molar-refractivity contribution in [3.8, 4) is 11.1 Å². The minimum absolute atomic E-state index is 0.102. The van der Waals surface area contributed by atoms with Crippen LogP contribution in [0.4, 0.5) is 4.79 Å². The summed E-state index contributed by atoms with van der Waals surface area (Å²) in [5.74, 6) is -1.67. The van der Waals surface area contributed by atoms with Gasteiger partial charge in [0.05, 0.1) is 0 Å². The van der Waals surface area contributed by atoms with Crippen LogP contribution in [0.3, 0.4) is 0 Å². The lowest BCUT2D eigenvalue weighted by Gasteiger charge is -2.32. The van der Waals surface area contributed by atoms with Gasteiger partial charge in [-0.25, -0.2) is 4.79 Å². The Labute approximate surface area is 203 Å². The summed E-state index contributed by atoms with van der Waals surface area (Å²) in [6.07, 6.45) is -0.472. The molecule has 0 saturated heterocycles. The maximum atomic E-state index is 13.4. The van der Waals surface area contributed by atoms with Crippen LogP contribution in [0.25, 0.3) is 11.1 Å². The molecular formula is C28H26N2O5. The first-order chi connectivity index (χ1) is 16.9. The van der Waals surface area contributed by atoms with Gasteiger partial charge in [-0.3, -0.25) is 9.59 Å². The molecule has 1 aliphatic heterocycles. The molecule has 0 fully saturated rings. The third kappa shape index (κ3) is 4.25. The average Bonchev–Trinajstić information content (AvgIpc) is 3.11. The Morgan fingerprint density at radius 2 is 1.54 bits per heavy atom. The molecule has 0 saturated carbocycles. The summed E-state index contributed by atoms with van der Waals surface area (Å²) in [6, 6.07) is 23.6. The highest BCUT2D eigenvalue weighted by Crippen LogP contribution is 2.44. The number of carbonyl (C=O) groups is 3. The van der Waals surface area contributed by atoms with Gasteiger partial charge in [0.25, 0.3) is 0 Å². The first kappa shape index (κ1) is 22.7. The Morgan fingerprint density at radius 1 is 0.971 bits per heavy atom. The maximum Gasteiger partial charge on any atom is 0.408 e. The lowest BCUT2D eigenvalue weighted by atomic mass is 9.91. The van der Waals surface area contributed by atoms with E-state index in [1.54, 1.807) is 6.92 Å². The fourth-order valence-corrected chi connectivity index (χ4v) is 5.22. The molecule has 5 rings (SSSR count). The van der Waals surface area contributed by atoms with Crippen LogP contribution in [-0.4, -0.2) is 46.7 Å². The van der Waals surface area contributed by atoms with E-state index in [2.05, 4.69) is 17.4 Å². The summed E-state index contributed by atoms with van der Waals surface area (Å²) >= 11 is 0. The van der Waals surface area contributed by atoms with Crippen molar-refractivity contribution in [2.45, 2.75) is 31.3 Å². The zero-order valence-corrected chi connectivity index (χ0v) is 19.4. The number of nitrogens with one attached hydrogen (secondary N) is 1. The summed E-state index contributed by atoms with van der Waals surface area (Å²) < 4.78 is 5.66. The Balaban J connectivity index is 1.35. The van der Waals surface area contributed by atoms with E-state index in [4.69, 9.17) is 4.74 Å². The van der Waals surface area contributed by atoms with Crippen LogP contribution < -0.4 is 5.32 Å². The van der Waals surface area contributed by atoms with E-state index in [0.717, 1.165) is 33.4 Å². The number of nitrogens with zero attached hydrogens (tertiary/aromatic N) is 1. The molecule has 35 heavy (non-hydrogen) atoms. The molecule has 1 heterocycles. The van der Waals surface area contributed by atoms with Gasteiger partial charge in [0.15, 0.2) is 0 Å². The quantitative estimate of drug-likeness (QED) is 0.589.